The summed E-state index contributed by atoms with van der Waals surface area (Å²) in [5, 5.41) is 12.7. The number of hydrogen-bond donors (Lipinski definition) is 3. The van der Waals surface area contributed by atoms with Gasteiger partial charge >= 0.3 is 6.09 Å². The van der Waals surface area contributed by atoms with Crippen LogP contribution in [-0.4, -0.2) is 42.4 Å². The molecule has 1 aromatic heterocycles. The molecule has 3 N–H and O–H groups in total. The van der Waals surface area contributed by atoms with E-state index in [2.05, 4.69) is 26.1 Å². The van der Waals surface area contributed by atoms with Gasteiger partial charge in [-0.25, -0.2) is 9.79 Å². The van der Waals surface area contributed by atoms with Crippen LogP contribution in [0.25, 0.3) is 0 Å². The molecule has 8 heteroatoms. The highest BCUT2D eigenvalue weighted by Gasteiger charge is 2.15. The average Bonchev–Trinajstić information content (AvgIpc) is 2.92. The van der Waals surface area contributed by atoms with E-state index >= 15 is 0 Å². The Labute approximate surface area is 130 Å². The van der Waals surface area contributed by atoms with Crippen molar-refractivity contribution in [2.24, 2.45) is 4.99 Å². The first-order chi connectivity index (χ1) is 10.4. The first kappa shape index (κ1) is 17.8. The summed E-state index contributed by atoms with van der Waals surface area (Å²) in [6.07, 6.45) is 1.08. The summed E-state index contributed by atoms with van der Waals surface area (Å²) < 4.78 is 9.90. The first-order valence-corrected chi connectivity index (χ1v) is 7.29. The molecule has 0 spiro atoms. The molecule has 0 fully saturated rings. The fourth-order valence-corrected chi connectivity index (χ4v) is 1.48. The van der Waals surface area contributed by atoms with Crippen LogP contribution >= 0.6 is 0 Å². The largest absolute Gasteiger partial charge is 0.444 e. The lowest BCUT2D eigenvalue weighted by Crippen LogP contribution is -2.42. The quantitative estimate of drug-likeness (QED) is 0.415. The number of nitrogens with one attached hydrogen (secondary N) is 3. The van der Waals surface area contributed by atoms with Crippen LogP contribution in [0.3, 0.4) is 0 Å². The molecule has 0 radical (unpaired) electrons. The standard InChI is InChI=1S/C14H25N5O3/c1-5-15-12(18-10-11-6-9-21-19-11)16-7-8-17-13(20)22-14(2,3)4/h6,9H,5,7-8,10H2,1-4H3,(H,17,20)(H2,15,16,18). The van der Waals surface area contributed by atoms with Crippen molar-refractivity contribution in [3.63, 3.8) is 0 Å². The number of aliphatic imine (C=N–C) groups is 1. The minimum absolute atomic E-state index is 0.422. The monoisotopic (exact) mass is 311 g/mol. The number of aromatic nitrogens is 1. The summed E-state index contributed by atoms with van der Waals surface area (Å²) in [6, 6.07) is 1.76. The SMILES string of the molecule is CCNC(=NCc1ccon1)NCCNC(=O)OC(C)(C)C. The third-order valence-corrected chi connectivity index (χ3v) is 2.32. The number of amides is 1. The summed E-state index contributed by atoms with van der Waals surface area (Å²) >= 11 is 0. The molecule has 124 valence electrons. The van der Waals surface area contributed by atoms with Gasteiger partial charge in [0.25, 0.3) is 0 Å². The highest BCUT2D eigenvalue weighted by molar-refractivity contribution is 5.79. The molecule has 1 aromatic rings. The molecule has 0 aliphatic carbocycles. The number of alkyl carbamates (subject to hydrolysis) is 1. The first-order valence-electron chi connectivity index (χ1n) is 7.29. The highest BCUT2D eigenvalue weighted by Crippen LogP contribution is 2.05. The van der Waals surface area contributed by atoms with Gasteiger partial charge in [0.05, 0.1) is 6.54 Å². The van der Waals surface area contributed by atoms with E-state index in [9.17, 15) is 4.79 Å². The van der Waals surface area contributed by atoms with Crippen molar-refractivity contribution in [1.82, 2.24) is 21.1 Å². The molecular weight excluding hydrogens is 286 g/mol. The van der Waals surface area contributed by atoms with Crippen LogP contribution < -0.4 is 16.0 Å². The van der Waals surface area contributed by atoms with Crippen molar-refractivity contribution in [3.8, 4) is 0 Å². The van der Waals surface area contributed by atoms with Crippen molar-refractivity contribution in [1.29, 1.82) is 0 Å². The zero-order valence-corrected chi connectivity index (χ0v) is 13.6. The molecule has 1 amide bonds. The summed E-state index contributed by atoms with van der Waals surface area (Å²) in [6.45, 7) is 9.58. The fraction of sp³-hybridized carbons (Fsp3) is 0.643. The van der Waals surface area contributed by atoms with Crippen molar-refractivity contribution in [2.75, 3.05) is 19.6 Å². The Kier molecular flexibility index (Phi) is 7.21. The summed E-state index contributed by atoms with van der Waals surface area (Å²) in [5.74, 6) is 0.650. The lowest BCUT2D eigenvalue weighted by molar-refractivity contribution is 0.0529. The van der Waals surface area contributed by atoms with Crippen molar-refractivity contribution >= 4 is 12.1 Å². The third kappa shape index (κ3) is 8.13. The number of hydrogen-bond acceptors (Lipinski definition) is 5. The molecule has 0 bridgehead atoms. The smallest absolute Gasteiger partial charge is 0.407 e. The van der Waals surface area contributed by atoms with E-state index in [-0.39, 0.29) is 0 Å². The number of ether oxygens (including phenoxy) is 1. The van der Waals surface area contributed by atoms with E-state index in [1.807, 2.05) is 27.7 Å². The van der Waals surface area contributed by atoms with E-state index in [1.165, 1.54) is 6.26 Å². The van der Waals surface area contributed by atoms with Gasteiger partial charge in [0.2, 0.25) is 0 Å². The van der Waals surface area contributed by atoms with Gasteiger partial charge in [-0.15, -0.1) is 0 Å². The molecule has 1 rings (SSSR count). The second-order valence-corrected chi connectivity index (χ2v) is 5.54. The minimum atomic E-state index is -0.495. The molecule has 0 aromatic carbocycles. The predicted octanol–water partition coefficient (Wildman–Crippen LogP) is 1.25. The Bertz CT molecular complexity index is 465. The molecule has 0 saturated carbocycles. The van der Waals surface area contributed by atoms with Gasteiger partial charge in [-0.3, -0.25) is 0 Å². The summed E-state index contributed by atoms with van der Waals surface area (Å²) in [4.78, 5) is 15.8. The Hall–Kier alpha value is -2.25. The van der Waals surface area contributed by atoms with Crippen LogP contribution in [0.1, 0.15) is 33.4 Å². The normalized spacial score (nSPS) is 11.9. The summed E-state index contributed by atoms with van der Waals surface area (Å²) in [7, 11) is 0. The number of carbonyl (C=O) groups is 1. The van der Waals surface area contributed by atoms with Crippen LogP contribution in [0.15, 0.2) is 21.8 Å². The minimum Gasteiger partial charge on any atom is -0.444 e. The van der Waals surface area contributed by atoms with E-state index < -0.39 is 11.7 Å². The average molecular weight is 311 g/mol. The van der Waals surface area contributed by atoms with Gasteiger partial charge in [0.1, 0.15) is 17.6 Å². The van der Waals surface area contributed by atoms with Gasteiger partial charge in [-0.05, 0) is 27.7 Å². The molecule has 0 saturated heterocycles. The zero-order chi connectivity index (χ0) is 16.4. The van der Waals surface area contributed by atoms with Gasteiger partial charge in [-0.1, -0.05) is 5.16 Å². The van der Waals surface area contributed by atoms with Crippen LogP contribution in [0.4, 0.5) is 4.79 Å². The van der Waals surface area contributed by atoms with Crippen LogP contribution in [0.5, 0.6) is 0 Å². The molecule has 0 atom stereocenters. The number of guanidine groups is 1. The van der Waals surface area contributed by atoms with E-state index in [0.717, 1.165) is 12.2 Å². The van der Waals surface area contributed by atoms with Crippen molar-refractivity contribution < 1.29 is 14.1 Å². The van der Waals surface area contributed by atoms with Gasteiger partial charge in [0, 0.05) is 25.7 Å². The third-order valence-electron chi connectivity index (χ3n) is 2.32. The molecule has 22 heavy (non-hydrogen) atoms. The molecule has 0 aliphatic rings. The Morgan fingerprint density at radius 2 is 2.05 bits per heavy atom. The van der Waals surface area contributed by atoms with E-state index in [1.54, 1.807) is 6.07 Å². The Balaban J connectivity index is 2.29. The topological polar surface area (TPSA) is 101 Å². The van der Waals surface area contributed by atoms with Gasteiger partial charge in [0.15, 0.2) is 5.96 Å². The Morgan fingerprint density at radius 3 is 2.64 bits per heavy atom. The fourth-order valence-electron chi connectivity index (χ4n) is 1.48. The van der Waals surface area contributed by atoms with Crippen LogP contribution in [0.2, 0.25) is 0 Å². The lowest BCUT2D eigenvalue weighted by atomic mass is 10.2. The molecule has 1 heterocycles. The second kappa shape index (κ2) is 8.91. The summed E-state index contributed by atoms with van der Waals surface area (Å²) in [5.41, 5.74) is 0.259. The van der Waals surface area contributed by atoms with Crippen LogP contribution in [0, 0.1) is 0 Å². The van der Waals surface area contributed by atoms with Crippen molar-refractivity contribution in [2.45, 2.75) is 39.8 Å². The van der Waals surface area contributed by atoms with Crippen LogP contribution in [-0.2, 0) is 11.3 Å². The maximum atomic E-state index is 11.5. The predicted molar refractivity (Wildman–Crippen MR) is 83.6 cm³/mol. The van der Waals surface area contributed by atoms with Gasteiger partial charge in [-0.2, -0.15) is 0 Å². The molecular formula is C14H25N5O3. The highest BCUT2D eigenvalue weighted by atomic mass is 16.6. The molecule has 0 aliphatic heterocycles. The lowest BCUT2D eigenvalue weighted by Gasteiger charge is -2.19. The van der Waals surface area contributed by atoms with Crippen molar-refractivity contribution in [3.05, 3.63) is 18.0 Å². The zero-order valence-electron chi connectivity index (χ0n) is 13.6. The van der Waals surface area contributed by atoms with E-state index in [4.69, 9.17) is 9.26 Å². The second-order valence-electron chi connectivity index (χ2n) is 5.54. The number of nitrogens with zero attached hydrogens (tertiary/aromatic N) is 2. The molecule has 0 unspecified atom stereocenters. The maximum Gasteiger partial charge on any atom is 0.407 e. The number of carbonyl (C=O) groups excluding carboxylic acids is 1. The van der Waals surface area contributed by atoms with E-state index in [0.29, 0.717) is 25.6 Å². The number of rotatable bonds is 6. The Morgan fingerprint density at radius 1 is 1.32 bits per heavy atom. The molecule has 8 nitrogen and oxygen atoms in total. The maximum absolute atomic E-state index is 11.5. The van der Waals surface area contributed by atoms with Gasteiger partial charge < -0.3 is 25.2 Å².